The molecular weight excluding hydrogens is 480 g/mol. The topological polar surface area (TPSA) is 71.6 Å². The van der Waals surface area contributed by atoms with Gasteiger partial charge in [0.05, 0.1) is 19.9 Å². The molecule has 0 radical (unpaired) electrons. The van der Waals surface area contributed by atoms with Crippen LogP contribution in [0, 0.1) is 0 Å². The highest BCUT2D eigenvalue weighted by Crippen LogP contribution is 2.31. The number of halogens is 4. The third kappa shape index (κ3) is 6.97. The fourth-order valence-corrected chi connectivity index (χ4v) is 2.99. The summed E-state index contributed by atoms with van der Waals surface area (Å²) in [6.07, 6.45) is -1.14. The quantitative estimate of drug-likeness (QED) is 0.304. The number of methoxy groups -OCH3 is 2. The third-order valence-electron chi connectivity index (χ3n) is 3.62. The summed E-state index contributed by atoms with van der Waals surface area (Å²) < 4.78 is 8.57. The maximum atomic E-state index is 12.5. The molecular formula is C18H17Cl4N3O3S. The SMILES string of the molecule is COc1ccc(OC)c(NC(=S)NC(NC(=O)c2cccc(Cl)c2)C(Cl)(Cl)Cl)c1. The molecule has 2 aromatic rings. The number of carbonyl (C=O) groups excluding carboxylic acids is 1. The molecule has 0 heterocycles. The average Bonchev–Trinajstić information content (AvgIpc) is 2.66. The van der Waals surface area contributed by atoms with Crippen LogP contribution in [-0.4, -0.2) is 35.2 Å². The van der Waals surface area contributed by atoms with Crippen LogP contribution < -0.4 is 25.4 Å². The van der Waals surface area contributed by atoms with Crippen LogP contribution in [-0.2, 0) is 0 Å². The van der Waals surface area contributed by atoms with Gasteiger partial charge in [0.1, 0.15) is 17.7 Å². The standard InChI is InChI=1S/C18H17Cl4N3O3S/c1-27-12-6-7-14(28-2)13(9-12)23-17(29)25-16(18(20,21)22)24-15(26)10-4-3-5-11(19)8-10/h3-9,16H,1-2H3,(H,24,26)(H2,23,25,29). The van der Waals surface area contributed by atoms with Gasteiger partial charge in [0.25, 0.3) is 5.91 Å². The number of carbonyl (C=O) groups is 1. The van der Waals surface area contributed by atoms with Crippen LogP contribution in [0.25, 0.3) is 0 Å². The lowest BCUT2D eigenvalue weighted by molar-refractivity contribution is 0.0934. The molecule has 1 amide bonds. The molecule has 1 unspecified atom stereocenters. The van der Waals surface area contributed by atoms with Crippen LogP contribution in [0.3, 0.4) is 0 Å². The van der Waals surface area contributed by atoms with Gasteiger partial charge in [0, 0.05) is 16.7 Å². The van der Waals surface area contributed by atoms with Crippen molar-refractivity contribution in [3.05, 3.63) is 53.1 Å². The lowest BCUT2D eigenvalue weighted by Gasteiger charge is -2.28. The first kappa shape index (κ1) is 23.6. The minimum absolute atomic E-state index is 0.0827. The van der Waals surface area contributed by atoms with Gasteiger partial charge in [0.15, 0.2) is 5.11 Å². The third-order valence-corrected chi connectivity index (χ3v) is 4.73. The Kier molecular flexibility index (Phi) is 8.48. The van der Waals surface area contributed by atoms with E-state index in [0.717, 1.165) is 0 Å². The van der Waals surface area contributed by atoms with Crippen molar-refractivity contribution < 1.29 is 14.3 Å². The number of hydrogen-bond acceptors (Lipinski definition) is 4. The summed E-state index contributed by atoms with van der Waals surface area (Å²) in [4.78, 5) is 12.5. The zero-order chi connectivity index (χ0) is 21.6. The zero-order valence-corrected chi connectivity index (χ0v) is 19.1. The first-order chi connectivity index (χ1) is 13.6. The number of nitrogens with one attached hydrogen (secondary N) is 3. The van der Waals surface area contributed by atoms with Crippen molar-refractivity contribution in [2.75, 3.05) is 19.5 Å². The van der Waals surface area contributed by atoms with E-state index in [4.69, 9.17) is 68.1 Å². The van der Waals surface area contributed by atoms with Crippen molar-refractivity contribution in [3.63, 3.8) is 0 Å². The minimum Gasteiger partial charge on any atom is -0.497 e. The first-order valence-electron chi connectivity index (χ1n) is 8.06. The number of hydrogen-bond donors (Lipinski definition) is 3. The van der Waals surface area contributed by atoms with E-state index in [0.29, 0.717) is 27.8 Å². The number of thiocarbonyl (C=S) groups is 1. The molecule has 156 valence electrons. The molecule has 29 heavy (non-hydrogen) atoms. The molecule has 6 nitrogen and oxygen atoms in total. The molecule has 0 saturated carbocycles. The van der Waals surface area contributed by atoms with E-state index in [-0.39, 0.29) is 5.11 Å². The van der Waals surface area contributed by atoms with Crippen molar-refractivity contribution in [2.24, 2.45) is 0 Å². The summed E-state index contributed by atoms with van der Waals surface area (Å²) in [7, 11) is 3.05. The maximum absolute atomic E-state index is 12.5. The molecule has 11 heteroatoms. The fourth-order valence-electron chi connectivity index (χ4n) is 2.25. The van der Waals surface area contributed by atoms with Crippen molar-refractivity contribution in [2.45, 2.75) is 9.96 Å². The molecule has 0 aliphatic rings. The molecule has 0 fully saturated rings. The van der Waals surface area contributed by atoms with Crippen LogP contribution in [0.1, 0.15) is 10.4 Å². The summed E-state index contributed by atoms with van der Waals surface area (Å²) in [6, 6.07) is 11.5. The second kappa shape index (κ2) is 10.4. The van der Waals surface area contributed by atoms with Gasteiger partial charge in [-0.05, 0) is 42.5 Å². The molecule has 0 aromatic heterocycles. The van der Waals surface area contributed by atoms with E-state index in [1.807, 2.05) is 0 Å². The predicted molar refractivity (Wildman–Crippen MR) is 122 cm³/mol. The first-order valence-corrected chi connectivity index (χ1v) is 9.98. The summed E-state index contributed by atoms with van der Waals surface area (Å²) in [5.41, 5.74) is 0.820. The van der Waals surface area contributed by atoms with Crippen LogP contribution in [0.5, 0.6) is 11.5 Å². The molecule has 0 aliphatic carbocycles. The molecule has 2 rings (SSSR count). The van der Waals surface area contributed by atoms with Crippen molar-refractivity contribution in [1.29, 1.82) is 0 Å². The van der Waals surface area contributed by atoms with Crippen LogP contribution in [0.4, 0.5) is 5.69 Å². The van der Waals surface area contributed by atoms with Gasteiger partial charge in [-0.2, -0.15) is 0 Å². The summed E-state index contributed by atoms with van der Waals surface area (Å²) in [5, 5.41) is 8.76. The van der Waals surface area contributed by atoms with Gasteiger partial charge in [-0.25, -0.2) is 0 Å². The summed E-state index contributed by atoms with van der Waals surface area (Å²) in [6.45, 7) is 0. The van der Waals surface area contributed by atoms with Crippen LogP contribution in [0.2, 0.25) is 5.02 Å². The van der Waals surface area contributed by atoms with E-state index >= 15 is 0 Å². The van der Waals surface area contributed by atoms with Crippen molar-refractivity contribution in [3.8, 4) is 11.5 Å². The van der Waals surface area contributed by atoms with Crippen molar-refractivity contribution in [1.82, 2.24) is 10.6 Å². The Hall–Kier alpha value is -1.64. The Balaban J connectivity index is 2.14. The lowest BCUT2D eigenvalue weighted by Crippen LogP contribution is -2.56. The van der Waals surface area contributed by atoms with E-state index in [1.165, 1.54) is 20.3 Å². The maximum Gasteiger partial charge on any atom is 0.253 e. The van der Waals surface area contributed by atoms with E-state index in [1.54, 1.807) is 36.4 Å². The van der Waals surface area contributed by atoms with Gasteiger partial charge < -0.3 is 25.4 Å². The Labute approximate surface area is 193 Å². The molecule has 0 bridgehead atoms. The van der Waals surface area contributed by atoms with Gasteiger partial charge >= 0.3 is 0 Å². The zero-order valence-electron chi connectivity index (χ0n) is 15.3. The number of amides is 1. The number of anilines is 1. The van der Waals surface area contributed by atoms with Gasteiger partial charge in [0.2, 0.25) is 3.79 Å². The van der Waals surface area contributed by atoms with E-state index < -0.39 is 15.9 Å². The smallest absolute Gasteiger partial charge is 0.253 e. The Morgan fingerprint density at radius 1 is 1.07 bits per heavy atom. The van der Waals surface area contributed by atoms with Crippen LogP contribution >= 0.6 is 58.6 Å². The highest BCUT2D eigenvalue weighted by Gasteiger charge is 2.35. The average molecular weight is 497 g/mol. The second-order valence-corrected chi connectivity index (χ2v) is 8.84. The molecule has 3 N–H and O–H groups in total. The van der Waals surface area contributed by atoms with Gasteiger partial charge in [-0.3, -0.25) is 4.79 Å². The highest BCUT2D eigenvalue weighted by molar-refractivity contribution is 7.80. The monoisotopic (exact) mass is 495 g/mol. The molecule has 0 spiro atoms. The van der Waals surface area contributed by atoms with Crippen molar-refractivity contribution >= 4 is 75.3 Å². The van der Waals surface area contributed by atoms with Gasteiger partial charge in [-0.15, -0.1) is 0 Å². The summed E-state index contributed by atoms with van der Waals surface area (Å²) >= 11 is 29.2. The summed E-state index contributed by atoms with van der Waals surface area (Å²) in [5.74, 6) is 0.602. The highest BCUT2D eigenvalue weighted by atomic mass is 35.6. The molecule has 2 aromatic carbocycles. The number of alkyl halides is 3. The minimum atomic E-state index is -1.90. The molecule has 0 aliphatic heterocycles. The number of benzene rings is 2. The Bertz CT molecular complexity index is 893. The number of ether oxygens (including phenoxy) is 2. The van der Waals surface area contributed by atoms with E-state index in [2.05, 4.69) is 16.0 Å². The second-order valence-electron chi connectivity index (χ2n) is 5.62. The van der Waals surface area contributed by atoms with E-state index in [9.17, 15) is 4.79 Å². The molecule has 0 saturated heterocycles. The van der Waals surface area contributed by atoms with Gasteiger partial charge in [-0.1, -0.05) is 52.5 Å². The Morgan fingerprint density at radius 2 is 1.79 bits per heavy atom. The number of rotatable bonds is 6. The molecule has 1 atom stereocenters. The largest absolute Gasteiger partial charge is 0.497 e. The fraction of sp³-hybridized carbons (Fsp3) is 0.222. The lowest BCUT2D eigenvalue weighted by atomic mass is 10.2. The predicted octanol–water partition coefficient (Wildman–Crippen LogP) is 4.77. The normalized spacial score (nSPS) is 11.9. The Morgan fingerprint density at radius 3 is 2.38 bits per heavy atom. The van der Waals surface area contributed by atoms with Crippen LogP contribution in [0.15, 0.2) is 42.5 Å².